The molecule has 1 aliphatic heterocycles. The molecule has 0 saturated heterocycles. The second kappa shape index (κ2) is 6.15. The van der Waals surface area contributed by atoms with Crippen molar-refractivity contribution in [3.05, 3.63) is 41.0 Å². The van der Waals surface area contributed by atoms with E-state index in [1.165, 1.54) is 16.7 Å². The SMILES string of the molecule is CC(C)=CC(C)c1cccc2c1N(C(=O)OC(C)(C)C)CC2. The second-order valence-corrected chi connectivity index (χ2v) is 7.27. The van der Waals surface area contributed by atoms with Gasteiger partial charge in [0.05, 0.1) is 5.69 Å². The minimum absolute atomic E-state index is 0.247. The van der Waals surface area contributed by atoms with E-state index in [4.69, 9.17) is 4.74 Å². The van der Waals surface area contributed by atoms with Crippen LogP contribution in [0.2, 0.25) is 0 Å². The Labute approximate surface area is 134 Å². The van der Waals surface area contributed by atoms with Crippen LogP contribution >= 0.6 is 0 Å². The van der Waals surface area contributed by atoms with Crippen LogP contribution in [-0.2, 0) is 11.2 Å². The highest BCUT2D eigenvalue weighted by molar-refractivity contribution is 5.92. The lowest BCUT2D eigenvalue weighted by molar-refractivity contribution is 0.0583. The zero-order valence-electron chi connectivity index (χ0n) is 14.6. The molecule has 1 amide bonds. The smallest absolute Gasteiger partial charge is 0.414 e. The van der Waals surface area contributed by atoms with Crippen molar-refractivity contribution in [1.82, 2.24) is 0 Å². The van der Waals surface area contributed by atoms with Gasteiger partial charge in [0.25, 0.3) is 0 Å². The first kappa shape index (κ1) is 16.6. The van der Waals surface area contributed by atoms with E-state index in [0.29, 0.717) is 6.54 Å². The Morgan fingerprint density at radius 3 is 2.59 bits per heavy atom. The van der Waals surface area contributed by atoms with Crippen molar-refractivity contribution in [2.75, 3.05) is 11.4 Å². The lowest BCUT2D eigenvalue weighted by Gasteiger charge is -2.26. The van der Waals surface area contributed by atoms with Crippen LogP contribution in [0.3, 0.4) is 0 Å². The monoisotopic (exact) mass is 301 g/mol. The maximum atomic E-state index is 12.5. The van der Waals surface area contributed by atoms with Gasteiger partial charge in [-0.05, 0) is 52.2 Å². The van der Waals surface area contributed by atoms with E-state index in [-0.39, 0.29) is 12.0 Å². The first-order valence-corrected chi connectivity index (χ1v) is 7.96. The summed E-state index contributed by atoms with van der Waals surface area (Å²) in [6, 6.07) is 6.31. The first-order valence-electron chi connectivity index (χ1n) is 7.96. The fraction of sp³-hybridized carbons (Fsp3) is 0.526. The molecule has 0 aliphatic carbocycles. The molecule has 1 aromatic rings. The summed E-state index contributed by atoms with van der Waals surface area (Å²) < 4.78 is 5.57. The summed E-state index contributed by atoms with van der Waals surface area (Å²) in [5.74, 6) is 0.281. The Morgan fingerprint density at radius 1 is 1.32 bits per heavy atom. The topological polar surface area (TPSA) is 29.5 Å². The second-order valence-electron chi connectivity index (χ2n) is 7.27. The van der Waals surface area contributed by atoms with Gasteiger partial charge in [-0.1, -0.05) is 36.8 Å². The highest BCUT2D eigenvalue weighted by atomic mass is 16.6. The standard InChI is InChI=1S/C19H27NO2/c1-13(2)12-14(3)16-9-7-8-15-10-11-20(17(15)16)18(21)22-19(4,5)6/h7-9,12,14H,10-11H2,1-6H3. The van der Waals surface area contributed by atoms with E-state index >= 15 is 0 Å². The fourth-order valence-electron chi connectivity index (χ4n) is 2.94. The zero-order chi connectivity index (χ0) is 16.5. The summed E-state index contributed by atoms with van der Waals surface area (Å²) in [4.78, 5) is 14.3. The molecule has 3 heteroatoms. The predicted molar refractivity (Wildman–Crippen MR) is 91.6 cm³/mol. The van der Waals surface area contributed by atoms with E-state index in [1.54, 1.807) is 4.90 Å². The minimum Gasteiger partial charge on any atom is -0.443 e. The molecule has 1 aromatic carbocycles. The average molecular weight is 301 g/mol. The molecular weight excluding hydrogens is 274 g/mol. The van der Waals surface area contributed by atoms with Crippen LogP contribution in [0.5, 0.6) is 0 Å². The Kier molecular flexibility index (Phi) is 4.64. The number of rotatable bonds is 2. The molecule has 3 nitrogen and oxygen atoms in total. The molecule has 0 bridgehead atoms. The normalized spacial score (nSPS) is 15.3. The van der Waals surface area contributed by atoms with E-state index in [0.717, 1.165) is 12.1 Å². The molecule has 1 atom stereocenters. The van der Waals surface area contributed by atoms with Crippen LogP contribution in [0.25, 0.3) is 0 Å². The van der Waals surface area contributed by atoms with Gasteiger partial charge in [-0.25, -0.2) is 4.79 Å². The third-order valence-electron chi connectivity index (χ3n) is 3.71. The first-order chi connectivity index (χ1) is 10.2. The maximum absolute atomic E-state index is 12.5. The van der Waals surface area contributed by atoms with Crippen molar-refractivity contribution in [3.8, 4) is 0 Å². The van der Waals surface area contributed by atoms with Crippen LogP contribution in [0.15, 0.2) is 29.8 Å². The third kappa shape index (κ3) is 3.70. The summed E-state index contributed by atoms with van der Waals surface area (Å²) in [7, 11) is 0. The maximum Gasteiger partial charge on any atom is 0.414 e. The summed E-state index contributed by atoms with van der Waals surface area (Å²) in [5, 5.41) is 0. The largest absolute Gasteiger partial charge is 0.443 e. The summed E-state index contributed by atoms with van der Waals surface area (Å²) in [6.45, 7) is 12.8. The van der Waals surface area contributed by atoms with Gasteiger partial charge in [0, 0.05) is 12.5 Å². The van der Waals surface area contributed by atoms with Gasteiger partial charge < -0.3 is 4.74 Å². The van der Waals surface area contributed by atoms with Crippen LogP contribution in [0.1, 0.15) is 58.6 Å². The lowest BCUT2D eigenvalue weighted by Crippen LogP contribution is -2.36. The predicted octanol–water partition coefficient (Wildman–Crippen LogP) is 5.05. The minimum atomic E-state index is -0.472. The van der Waals surface area contributed by atoms with Crippen molar-refractivity contribution >= 4 is 11.8 Å². The van der Waals surface area contributed by atoms with Crippen LogP contribution in [-0.4, -0.2) is 18.2 Å². The highest BCUT2D eigenvalue weighted by Crippen LogP contribution is 2.37. The number of anilines is 1. The van der Waals surface area contributed by atoms with Crippen molar-refractivity contribution in [2.45, 2.75) is 59.5 Å². The van der Waals surface area contributed by atoms with Gasteiger partial charge in [0.1, 0.15) is 5.60 Å². The summed E-state index contributed by atoms with van der Waals surface area (Å²) in [6.07, 6.45) is 2.88. The molecule has 2 rings (SSSR count). The molecule has 1 heterocycles. The fourth-order valence-corrected chi connectivity index (χ4v) is 2.94. The molecule has 0 saturated carbocycles. The van der Waals surface area contributed by atoms with Gasteiger partial charge in [0.15, 0.2) is 0 Å². The number of hydrogen-bond donors (Lipinski definition) is 0. The molecule has 22 heavy (non-hydrogen) atoms. The van der Waals surface area contributed by atoms with Crippen LogP contribution in [0, 0.1) is 0 Å². The van der Waals surface area contributed by atoms with Crippen molar-refractivity contribution in [1.29, 1.82) is 0 Å². The van der Waals surface area contributed by atoms with E-state index in [2.05, 4.69) is 45.0 Å². The third-order valence-corrected chi connectivity index (χ3v) is 3.71. The van der Waals surface area contributed by atoms with Crippen LogP contribution < -0.4 is 4.90 Å². The molecule has 0 fully saturated rings. The Bertz CT molecular complexity index is 592. The molecule has 0 N–H and O–H groups in total. The van der Waals surface area contributed by atoms with E-state index in [9.17, 15) is 4.79 Å². The van der Waals surface area contributed by atoms with Crippen LogP contribution in [0.4, 0.5) is 10.5 Å². The number of fused-ring (bicyclic) bond motifs is 1. The number of allylic oxidation sites excluding steroid dienone is 2. The van der Waals surface area contributed by atoms with Gasteiger partial charge in [-0.3, -0.25) is 4.90 Å². The van der Waals surface area contributed by atoms with Gasteiger partial charge >= 0.3 is 6.09 Å². The number of amides is 1. The molecule has 0 radical (unpaired) electrons. The van der Waals surface area contributed by atoms with Crippen molar-refractivity contribution < 1.29 is 9.53 Å². The number of ether oxygens (including phenoxy) is 1. The number of benzene rings is 1. The van der Waals surface area contributed by atoms with E-state index in [1.807, 2.05) is 20.8 Å². The quantitative estimate of drug-likeness (QED) is 0.715. The van der Waals surface area contributed by atoms with Crippen molar-refractivity contribution in [2.24, 2.45) is 0 Å². The highest BCUT2D eigenvalue weighted by Gasteiger charge is 2.31. The van der Waals surface area contributed by atoms with Gasteiger partial charge in [-0.15, -0.1) is 0 Å². The zero-order valence-corrected chi connectivity index (χ0v) is 14.6. The van der Waals surface area contributed by atoms with E-state index < -0.39 is 5.60 Å². The number of hydrogen-bond acceptors (Lipinski definition) is 2. The Balaban J connectivity index is 2.37. The summed E-state index contributed by atoms with van der Waals surface area (Å²) in [5.41, 5.74) is 4.29. The van der Waals surface area contributed by atoms with Gasteiger partial charge in [0.2, 0.25) is 0 Å². The summed E-state index contributed by atoms with van der Waals surface area (Å²) >= 11 is 0. The average Bonchev–Trinajstić information content (AvgIpc) is 2.79. The lowest BCUT2D eigenvalue weighted by atomic mass is 9.95. The molecule has 1 unspecified atom stereocenters. The number of carbonyl (C=O) groups is 1. The number of carbonyl (C=O) groups excluding carboxylic acids is 1. The Morgan fingerprint density at radius 2 is 2.00 bits per heavy atom. The molecule has 0 aromatic heterocycles. The number of para-hydroxylation sites is 1. The molecular formula is C19H27NO2. The molecule has 0 spiro atoms. The van der Waals surface area contributed by atoms with Gasteiger partial charge in [-0.2, -0.15) is 0 Å². The Hall–Kier alpha value is -1.77. The number of nitrogens with zero attached hydrogens (tertiary/aromatic N) is 1. The molecule has 120 valence electrons. The van der Waals surface area contributed by atoms with Crippen molar-refractivity contribution in [3.63, 3.8) is 0 Å². The molecule has 1 aliphatic rings.